The van der Waals surface area contributed by atoms with E-state index in [1.807, 2.05) is 33.3 Å². The lowest BCUT2D eigenvalue weighted by molar-refractivity contribution is -0.870. The Bertz CT molecular complexity index is 986. The molecule has 49 heavy (non-hydrogen) atoms. The van der Waals surface area contributed by atoms with E-state index >= 15 is 0 Å². The van der Waals surface area contributed by atoms with Crippen LogP contribution in [0.15, 0.2) is 48.6 Å². The Kier molecular flexibility index (Phi) is 30.6. The number of esters is 2. The Hall–Kier alpha value is -2.03. The van der Waals surface area contributed by atoms with Crippen LogP contribution in [0.4, 0.5) is 0 Å². The van der Waals surface area contributed by atoms with Crippen molar-refractivity contribution in [3.8, 4) is 0 Å². The van der Waals surface area contributed by atoms with Crippen LogP contribution in [0.25, 0.3) is 0 Å². The number of carbonyl (C=O) groups excluding carboxylic acids is 2. The first-order valence-corrected chi connectivity index (χ1v) is 20.3. The van der Waals surface area contributed by atoms with E-state index < -0.39 is 32.5 Å². The Labute approximate surface area is 299 Å². The van der Waals surface area contributed by atoms with Crippen molar-refractivity contribution in [2.45, 2.75) is 142 Å². The van der Waals surface area contributed by atoms with Gasteiger partial charge in [-0.2, -0.15) is 0 Å². The Morgan fingerprint density at radius 3 is 1.80 bits per heavy atom. The summed E-state index contributed by atoms with van der Waals surface area (Å²) in [5, 5.41) is 0. The van der Waals surface area contributed by atoms with Crippen LogP contribution in [0.2, 0.25) is 0 Å². The highest BCUT2D eigenvalue weighted by Gasteiger charge is 2.21. The molecular formula is C39H70NO8P. The van der Waals surface area contributed by atoms with Crippen molar-refractivity contribution < 1.29 is 42.1 Å². The van der Waals surface area contributed by atoms with Crippen LogP contribution in [0, 0.1) is 0 Å². The van der Waals surface area contributed by atoms with Gasteiger partial charge in [0.05, 0.1) is 27.7 Å². The number of phosphoric ester groups is 1. The molecule has 2 unspecified atom stereocenters. The summed E-state index contributed by atoms with van der Waals surface area (Å²) < 4.78 is 33.6. The van der Waals surface area contributed by atoms with Gasteiger partial charge >= 0.3 is 11.9 Å². The molecular weight excluding hydrogens is 641 g/mol. The summed E-state index contributed by atoms with van der Waals surface area (Å²) in [4.78, 5) is 37.2. The molecule has 0 aliphatic rings. The second kappa shape index (κ2) is 31.9. The lowest BCUT2D eigenvalue weighted by Gasteiger charge is -2.28. The van der Waals surface area contributed by atoms with Gasteiger partial charge in [-0.1, -0.05) is 114 Å². The minimum absolute atomic E-state index is 0.0440. The van der Waals surface area contributed by atoms with Crippen molar-refractivity contribution in [3.05, 3.63) is 48.6 Å². The lowest BCUT2D eigenvalue weighted by Crippen LogP contribution is -2.37. The highest BCUT2D eigenvalue weighted by atomic mass is 31.2. The second-order valence-electron chi connectivity index (χ2n) is 13.6. The van der Waals surface area contributed by atoms with Crippen molar-refractivity contribution in [1.82, 2.24) is 0 Å². The molecule has 0 aliphatic carbocycles. The summed E-state index contributed by atoms with van der Waals surface area (Å²) in [5.74, 6) is -0.937. The molecule has 0 aromatic rings. The predicted molar refractivity (Wildman–Crippen MR) is 199 cm³/mol. The van der Waals surface area contributed by atoms with E-state index in [-0.39, 0.29) is 26.1 Å². The highest BCUT2D eigenvalue weighted by Crippen LogP contribution is 2.38. The van der Waals surface area contributed by atoms with Gasteiger partial charge in [-0.05, 0) is 57.8 Å². The number of quaternary nitrogens is 1. The van der Waals surface area contributed by atoms with Crippen LogP contribution in [0.1, 0.15) is 136 Å². The number of carbonyl (C=O) groups is 2. The molecule has 0 aromatic heterocycles. The maximum atomic E-state index is 12.5. The van der Waals surface area contributed by atoms with Crippen molar-refractivity contribution in [2.75, 3.05) is 47.5 Å². The summed E-state index contributed by atoms with van der Waals surface area (Å²) >= 11 is 0. The van der Waals surface area contributed by atoms with Gasteiger partial charge in [0.2, 0.25) is 0 Å². The third-order valence-corrected chi connectivity index (χ3v) is 8.56. The zero-order valence-electron chi connectivity index (χ0n) is 31.6. The van der Waals surface area contributed by atoms with E-state index in [0.29, 0.717) is 23.9 Å². The molecule has 0 aromatic carbocycles. The fourth-order valence-corrected chi connectivity index (χ4v) is 5.35. The average Bonchev–Trinajstić information content (AvgIpc) is 3.04. The van der Waals surface area contributed by atoms with Crippen molar-refractivity contribution in [3.63, 3.8) is 0 Å². The molecule has 0 aliphatic heterocycles. The summed E-state index contributed by atoms with van der Waals surface area (Å²) in [6, 6.07) is 0. The standard InChI is InChI=1S/C39H70NO8P/c1-6-8-10-12-14-16-18-20-22-24-26-28-30-32-39(42)48-37(36-47-49(43,44)46-34-33-40(3,4)5)35-45-38(41)31-29-27-25-23-21-19-17-15-13-11-9-7-2/h9,11,15,17,20,22,26,28,37H,6-8,10,12-14,16,18-19,21,23-25,27,29-36H2,1-5H3/b11-9+,17-15+,22-20+,28-26+. The molecule has 0 saturated carbocycles. The minimum Gasteiger partial charge on any atom is -0.756 e. The largest absolute Gasteiger partial charge is 0.756 e. The molecule has 0 radical (unpaired) electrons. The zero-order chi connectivity index (χ0) is 36.5. The first kappa shape index (κ1) is 47.0. The minimum atomic E-state index is -4.63. The van der Waals surface area contributed by atoms with Gasteiger partial charge in [-0.15, -0.1) is 0 Å². The number of hydrogen-bond acceptors (Lipinski definition) is 8. The molecule has 0 heterocycles. The average molecular weight is 712 g/mol. The fourth-order valence-electron chi connectivity index (χ4n) is 4.63. The Morgan fingerprint density at radius 1 is 0.653 bits per heavy atom. The van der Waals surface area contributed by atoms with Gasteiger partial charge < -0.3 is 27.9 Å². The molecule has 0 N–H and O–H groups in total. The molecule has 284 valence electrons. The monoisotopic (exact) mass is 711 g/mol. The number of unbranched alkanes of at least 4 members (excludes halogenated alkanes) is 11. The first-order chi connectivity index (χ1) is 23.5. The van der Waals surface area contributed by atoms with E-state index in [0.717, 1.165) is 57.8 Å². The number of nitrogens with zero attached hydrogens (tertiary/aromatic N) is 1. The van der Waals surface area contributed by atoms with E-state index in [2.05, 4.69) is 50.3 Å². The van der Waals surface area contributed by atoms with Crippen molar-refractivity contribution in [2.24, 2.45) is 0 Å². The van der Waals surface area contributed by atoms with Gasteiger partial charge in [0.1, 0.15) is 19.8 Å². The van der Waals surface area contributed by atoms with Gasteiger partial charge in [0, 0.05) is 12.8 Å². The van der Waals surface area contributed by atoms with Crippen LogP contribution in [0.3, 0.4) is 0 Å². The molecule has 9 nitrogen and oxygen atoms in total. The normalized spacial score (nSPS) is 14.3. The third-order valence-electron chi connectivity index (χ3n) is 7.60. The molecule has 0 bridgehead atoms. The van der Waals surface area contributed by atoms with Gasteiger partial charge in [-0.3, -0.25) is 14.2 Å². The Morgan fingerprint density at radius 2 is 1.20 bits per heavy atom. The third kappa shape index (κ3) is 35.6. The maximum absolute atomic E-state index is 12.5. The van der Waals surface area contributed by atoms with Crippen molar-refractivity contribution >= 4 is 19.8 Å². The summed E-state index contributed by atoms with van der Waals surface area (Å²) in [6.07, 6.45) is 34.5. The molecule has 0 fully saturated rings. The van der Waals surface area contributed by atoms with Crippen molar-refractivity contribution in [1.29, 1.82) is 0 Å². The SMILES string of the molecule is CC/C=C/C/C=C/CCCCCCCC(=O)OCC(COP(=O)([O-])OCC[N+](C)(C)C)OC(=O)CC/C=C/C/C=C/CCCCCCCC. The molecule has 10 heteroatoms. The quantitative estimate of drug-likeness (QED) is 0.0218. The topological polar surface area (TPSA) is 111 Å². The number of phosphoric acid groups is 1. The van der Waals surface area contributed by atoms with E-state index in [1.165, 1.54) is 38.5 Å². The van der Waals surface area contributed by atoms with Gasteiger partial charge in [0.15, 0.2) is 6.10 Å². The van der Waals surface area contributed by atoms with E-state index in [4.69, 9.17) is 18.5 Å². The molecule has 0 spiro atoms. The molecule has 0 rings (SSSR count). The van der Waals surface area contributed by atoms with E-state index in [1.54, 1.807) is 0 Å². The van der Waals surface area contributed by atoms with Crippen LogP contribution >= 0.6 is 7.82 Å². The number of hydrogen-bond donors (Lipinski definition) is 0. The number of ether oxygens (including phenoxy) is 2. The number of likely N-dealkylation sites (N-methyl/N-ethyl adjacent to an activating group) is 1. The summed E-state index contributed by atoms with van der Waals surface area (Å²) in [7, 11) is 1.12. The Balaban J connectivity index is 4.57. The first-order valence-electron chi connectivity index (χ1n) is 18.8. The van der Waals surface area contributed by atoms with Crippen LogP contribution in [-0.2, 0) is 32.7 Å². The smallest absolute Gasteiger partial charge is 0.306 e. The lowest BCUT2D eigenvalue weighted by atomic mass is 10.1. The predicted octanol–water partition coefficient (Wildman–Crippen LogP) is 9.33. The van der Waals surface area contributed by atoms with Crippen LogP contribution in [0.5, 0.6) is 0 Å². The fraction of sp³-hybridized carbons (Fsp3) is 0.744. The highest BCUT2D eigenvalue weighted by molar-refractivity contribution is 7.45. The number of allylic oxidation sites excluding steroid dienone is 8. The van der Waals surface area contributed by atoms with Gasteiger partial charge in [-0.25, -0.2) is 0 Å². The summed E-state index contributed by atoms with van der Waals surface area (Å²) in [5.41, 5.74) is 0. The number of rotatable bonds is 33. The van der Waals surface area contributed by atoms with Gasteiger partial charge in [0.25, 0.3) is 7.82 Å². The van der Waals surface area contributed by atoms with Crippen LogP contribution in [-0.4, -0.2) is 70.0 Å². The molecule has 0 saturated heterocycles. The summed E-state index contributed by atoms with van der Waals surface area (Å²) in [6.45, 7) is 3.99. The maximum Gasteiger partial charge on any atom is 0.306 e. The van der Waals surface area contributed by atoms with E-state index in [9.17, 15) is 19.0 Å². The second-order valence-corrected chi connectivity index (χ2v) is 15.0. The van der Waals surface area contributed by atoms with Crippen LogP contribution < -0.4 is 4.89 Å². The molecule has 0 amide bonds. The zero-order valence-corrected chi connectivity index (χ0v) is 32.5. The molecule has 2 atom stereocenters.